The molecule has 0 spiro atoms. The Hall–Kier alpha value is -1.41. The monoisotopic (exact) mass is 374 g/mol. The molecule has 2 saturated carbocycles. The van der Waals surface area contributed by atoms with Crippen LogP contribution in [-0.4, -0.2) is 33.4 Å². The molecule has 4 fully saturated rings. The van der Waals surface area contributed by atoms with Gasteiger partial charge in [0, 0.05) is 24.7 Å². The maximum atomic E-state index is 13.0. The van der Waals surface area contributed by atoms with E-state index in [-0.39, 0.29) is 36.2 Å². The van der Waals surface area contributed by atoms with E-state index in [1.54, 1.807) is 10.0 Å². The van der Waals surface area contributed by atoms with Gasteiger partial charge in [0.2, 0.25) is 11.8 Å². The van der Waals surface area contributed by atoms with Gasteiger partial charge in [0.1, 0.15) is 0 Å². The van der Waals surface area contributed by atoms with Crippen molar-refractivity contribution in [3.05, 3.63) is 93.5 Å². The second kappa shape index (κ2) is 7.20. The van der Waals surface area contributed by atoms with E-state index in [0.717, 1.165) is 11.8 Å². The predicted octanol–water partition coefficient (Wildman–Crippen LogP) is 2.64. The third kappa shape index (κ3) is 2.92. The maximum Gasteiger partial charge on any atom is 0.242 e. The molecule has 1 aromatic carbocycles. The molecule has 2 aliphatic carbocycles. The summed E-state index contributed by atoms with van der Waals surface area (Å²) in [5.74, 6) is 2.05. The van der Waals surface area contributed by atoms with E-state index in [2.05, 4.69) is 37.8 Å². The maximum absolute atomic E-state index is 13.0. The number of hydrogen-bond acceptors (Lipinski definition) is 2. The lowest BCUT2D eigenvalue weighted by atomic mass is 10.1. The zero-order valence-corrected chi connectivity index (χ0v) is 15.6. The van der Waals surface area contributed by atoms with Crippen LogP contribution in [0.15, 0.2) is 30.3 Å². The fourth-order valence-corrected chi connectivity index (χ4v) is 7.46. The van der Waals surface area contributed by atoms with Crippen molar-refractivity contribution in [1.29, 1.82) is 0 Å². The summed E-state index contributed by atoms with van der Waals surface area (Å²) >= 11 is 0. The van der Waals surface area contributed by atoms with Crippen LogP contribution in [0.1, 0.15) is 12.8 Å². The van der Waals surface area contributed by atoms with E-state index >= 15 is 0 Å². The van der Waals surface area contributed by atoms with Crippen LogP contribution in [0.4, 0.5) is 0 Å². The number of rotatable bonds is 3. The highest BCUT2D eigenvalue weighted by Crippen LogP contribution is 2.63. The van der Waals surface area contributed by atoms with Crippen molar-refractivity contribution in [2.45, 2.75) is 24.4 Å². The molecule has 134 valence electrons. The molecule has 5 heteroatoms. The molecule has 1 aromatic rings. The Bertz CT molecular complexity index is 670. The minimum Gasteiger partial charge on any atom is -0.273 e. The second-order valence-corrected chi connectivity index (χ2v) is 9.21. The van der Waals surface area contributed by atoms with E-state index in [0.29, 0.717) is 0 Å². The quantitative estimate of drug-likeness (QED) is 0.764. The van der Waals surface area contributed by atoms with Gasteiger partial charge >= 0.3 is 0 Å². The largest absolute Gasteiger partial charge is 0.273 e. The average Bonchev–Trinajstić information content (AvgIpc) is 3.44. The Balaban J connectivity index is 1.63. The molecule has 2 unspecified atom stereocenters. The van der Waals surface area contributed by atoms with Gasteiger partial charge in [0.05, 0.1) is 11.6 Å². The van der Waals surface area contributed by atoms with Gasteiger partial charge < -0.3 is 0 Å². The minimum atomic E-state index is -0.862. The number of nitrogens with zero attached hydrogens (tertiary/aromatic N) is 2. The van der Waals surface area contributed by atoms with Crippen LogP contribution in [0, 0.1) is 63.2 Å². The van der Waals surface area contributed by atoms with Crippen LogP contribution in [0.25, 0.3) is 0 Å². The molecule has 2 atom stereocenters. The van der Waals surface area contributed by atoms with Crippen LogP contribution in [0.5, 0.6) is 0 Å². The fourth-order valence-electron chi connectivity index (χ4n) is 4.17. The lowest BCUT2D eigenvalue weighted by Crippen LogP contribution is -2.55. The van der Waals surface area contributed by atoms with Gasteiger partial charge in [-0.05, 0) is 64.6 Å². The zero-order chi connectivity index (χ0) is 18.4. The molecule has 0 bridgehead atoms. The molecule has 2 heterocycles. The molecular formula is C22H19N2O2P. The van der Waals surface area contributed by atoms with Crippen molar-refractivity contribution < 1.29 is 9.59 Å². The van der Waals surface area contributed by atoms with Gasteiger partial charge in [0.15, 0.2) is 0 Å². The molecule has 10 radical (unpaired) electrons. The Morgan fingerprint density at radius 2 is 1.15 bits per heavy atom. The standard InChI is InChI=1S/C22H19N2O2P/c25-19-14-15-20(26)24-22(17-10-6-7-11-17)27(18-12-2-1-3-13-18)21(23(19)24)16-8-4-5-9-16/h1-13,21-22H,14-15H2. The Kier molecular flexibility index (Phi) is 4.71. The van der Waals surface area contributed by atoms with Gasteiger partial charge in [-0.2, -0.15) is 0 Å². The van der Waals surface area contributed by atoms with Crippen LogP contribution in [-0.2, 0) is 9.59 Å². The highest BCUT2D eigenvalue weighted by Gasteiger charge is 2.58. The summed E-state index contributed by atoms with van der Waals surface area (Å²) in [6, 6.07) is 10.3. The summed E-state index contributed by atoms with van der Waals surface area (Å²) in [6.45, 7) is 0. The molecule has 0 aromatic heterocycles. The summed E-state index contributed by atoms with van der Waals surface area (Å²) in [5, 5.41) is 4.73. The Morgan fingerprint density at radius 1 is 0.704 bits per heavy atom. The highest BCUT2D eigenvalue weighted by molar-refractivity contribution is 7.67. The van der Waals surface area contributed by atoms with Gasteiger partial charge in [0.25, 0.3) is 0 Å². The lowest BCUT2D eigenvalue weighted by molar-refractivity contribution is -0.170. The van der Waals surface area contributed by atoms with E-state index in [1.807, 2.05) is 43.9 Å². The third-order valence-corrected chi connectivity index (χ3v) is 8.30. The molecule has 5 rings (SSSR count). The van der Waals surface area contributed by atoms with Crippen molar-refractivity contribution in [1.82, 2.24) is 10.0 Å². The number of carbonyl (C=O) groups excluding carboxylic acids is 2. The van der Waals surface area contributed by atoms with Crippen molar-refractivity contribution in [2.75, 3.05) is 0 Å². The molecule has 2 aliphatic heterocycles. The van der Waals surface area contributed by atoms with Gasteiger partial charge in [-0.1, -0.05) is 30.3 Å². The number of fused-ring (bicyclic) bond motifs is 1. The van der Waals surface area contributed by atoms with E-state index in [4.69, 9.17) is 0 Å². The van der Waals surface area contributed by atoms with E-state index < -0.39 is 7.92 Å². The summed E-state index contributed by atoms with van der Waals surface area (Å²) < 4.78 is 0. The molecular weight excluding hydrogens is 355 g/mol. The first kappa shape index (κ1) is 17.7. The summed E-state index contributed by atoms with van der Waals surface area (Å²) in [7, 11) is -0.862. The minimum absolute atomic E-state index is 0.0401. The number of benzene rings is 1. The average molecular weight is 374 g/mol. The predicted molar refractivity (Wildman–Crippen MR) is 104 cm³/mol. The molecule has 4 nitrogen and oxygen atoms in total. The number of hydrazine groups is 1. The number of carbonyl (C=O) groups is 2. The van der Waals surface area contributed by atoms with Crippen molar-refractivity contribution in [3.63, 3.8) is 0 Å². The first-order chi connectivity index (χ1) is 13.3. The Labute approximate surface area is 163 Å². The van der Waals surface area contributed by atoms with Gasteiger partial charge in [-0.25, -0.2) is 10.0 Å². The topological polar surface area (TPSA) is 40.6 Å². The zero-order valence-electron chi connectivity index (χ0n) is 14.7. The van der Waals surface area contributed by atoms with E-state index in [9.17, 15) is 9.59 Å². The van der Waals surface area contributed by atoms with Crippen LogP contribution >= 0.6 is 7.92 Å². The van der Waals surface area contributed by atoms with Gasteiger partial charge in [-0.15, -0.1) is 0 Å². The smallest absolute Gasteiger partial charge is 0.242 e. The molecule has 0 N–H and O–H groups in total. The number of amides is 2. The lowest BCUT2D eigenvalue weighted by Gasteiger charge is -2.39. The van der Waals surface area contributed by atoms with Gasteiger partial charge in [-0.3, -0.25) is 9.59 Å². The van der Waals surface area contributed by atoms with Crippen LogP contribution in [0.2, 0.25) is 0 Å². The second-order valence-electron chi connectivity index (χ2n) is 6.90. The third-order valence-electron chi connectivity index (χ3n) is 5.31. The normalized spacial score (nSPS) is 32.5. The first-order valence-electron chi connectivity index (χ1n) is 9.16. The molecule has 2 saturated heterocycles. The van der Waals surface area contributed by atoms with E-state index in [1.165, 1.54) is 5.30 Å². The number of hydrogen-bond donors (Lipinski definition) is 0. The van der Waals surface area contributed by atoms with Crippen molar-refractivity contribution in [3.8, 4) is 0 Å². The summed E-state index contributed by atoms with van der Waals surface area (Å²) in [4.78, 5) is 25.9. The SMILES string of the molecule is O=C1CCC(=O)N2C([C]3[CH][CH][CH][CH]3)P(c3ccccc3)C([C]3[CH][CH][CH][CH]3)N12. The van der Waals surface area contributed by atoms with Crippen LogP contribution in [0.3, 0.4) is 0 Å². The summed E-state index contributed by atoms with van der Waals surface area (Å²) in [5.41, 5.74) is 0. The molecule has 2 amide bonds. The first-order valence-corrected chi connectivity index (χ1v) is 10.6. The summed E-state index contributed by atoms with van der Waals surface area (Å²) in [6.07, 6.45) is 16.9. The van der Waals surface area contributed by atoms with Crippen LogP contribution < -0.4 is 5.30 Å². The molecule has 27 heavy (non-hydrogen) atoms. The Morgan fingerprint density at radius 3 is 1.59 bits per heavy atom. The van der Waals surface area contributed by atoms with Crippen molar-refractivity contribution in [2.24, 2.45) is 0 Å². The highest BCUT2D eigenvalue weighted by atomic mass is 31.1. The molecule has 4 aliphatic rings. The van der Waals surface area contributed by atoms with Crippen molar-refractivity contribution >= 4 is 25.0 Å². The fraction of sp³-hybridized carbons (Fsp3) is 0.182.